The summed E-state index contributed by atoms with van der Waals surface area (Å²) in [5, 5.41) is 3.29. The molecule has 0 amide bonds. The summed E-state index contributed by atoms with van der Waals surface area (Å²) >= 11 is 0. The van der Waals surface area contributed by atoms with E-state index in [4.69, 9.17) is 10.5 Å². The third-order valence-electron chi connectivity index (χ3n) is 3.23. The van der Waals surface area contributed by atoms with E-state index in [0.717, 1.165) is 17.8 Å². The van der Waals surface area contributed by atoms with Crippen molar-refractivity contribution in [3.63, 3.8) is 0 Å². The molecular weight excluding hydrogens is 276 g/mol. The zero-order valence-corrected chi connectivity index (χ0v) is 13.3. The van der Waals surface area contributed by atoms with Crippen molar-refractivity contribution in [2.45, 2.75) is 27.2 Å². The Morgan fingerprint density at radius 3 is 2.41 bits per heavy atom. The molecule has 0 fully saturated rings. The van der Waals surface area contributed by atoms with Gasteiger partial charge in [-0.2, -0.15) is 0 Å². The van der Waals surface area contributed by atoms with E-state index >= 15 is 0 Å². The summed E-state index contributed by atoms with van der Waals surface area (Å²) in [5.41, 5.74) is 11.1. The van der Waals surface area contributed by atoms with E-state index in [9.17, 15) is 4.79 Å². The molecule has 0 radical (unpaired) electrons. The number of nitrogens with two attached hydrogens (primary N) is 1. The first-order chi connectivity index (χ1) is 10.5. The van der Waals surface area contributed by atoms with Crippen molar-refractivity contribution in [2.75, 3.05) is 17.7 Å². The molecule has 0 atom stereocenters. The first-order valence-corrected chi connectivity index (χ1v) is 7.41. The topological polar surface area (TPSA) is 64.3 Å². The Morgan fingerprint density at radius 2 is 1.82 bits per heavy atom. The molecule has 0 unspecified atom stereocenters. The van der Waals surface area contributed by atoms with Crippen molar-refractivity contribution in [2.24, 2.45) is 0 Å². The van der Waals surface area contributed by atoms with Gasteiger partial charge in [0.1, 0.15) is 0 Å². The highest BCUT2D eigenvalue weighted by molar-refractivity contribution is 5.92. The molecule has 0 saturated heterocycles. The zero-order valence-electron chi connectivity index (χ0n) is 13.3. The molecule has 0 aromatic heterocycles. The molecule has 0 aliphatic rings. The molecule has 2 aromatic rings. The van der Waals surface area contributed by atoms with Gasteiger partial charge in [-0.05, 0) is 61.7 Å². The van der Waals surface area contributed by atoms with Gasteiger partial charge in [0.15, 0.2) is 0 Å². The van der Waals surface area contributed by atoms with Gasteiger partial charge in [-0.1, -0.05) is 13.0 Å². The average molecular weight is 298 g/mol. The average Bonchev–Trinajstić information content (AvgIpc) is 2.45. The number of esters is 1. The number of nitrogen functional groups attached to an aromatic ring is 1. The molecule has 0 aliphatic heterocycles. The number of hydrogen-bond donors (Lipinski definition) is 2. The van der Waals surface area contributed by atoms with Crippen LogP contribution < -0.4 is 11.1 Å². The number of carbonyl (C=O) groups is 1. The second-order valence-corrected chi connectivity index (χ2v) is 5.44. The standard InChI is InChI=1S/C18H22N2O2/c1-4-7-22-18(21)14-5-6-17(16(19)11-14)20-15-9-12(2)8-13(3)10-15/h5-6,8-11,20H,4,7,19H2,1-3H3. The van der Waals surface area contributed by atoms with Crippen LogP contribution in [0.5, 0.6) is 0 Å². The third-order valence-corrected chi connectivity index (χ3v) is 3.23. The molecular formula is C18H22N2O2. The van der Waals surface area contributed by atoms with E-state index in [1.165, 1.54) is 11.1 Å². The van der Waals surface area contributed by atoms with E-state index in [1.807, 2.05) is 20.8 Å². The molecule has 22 heavy (non-hydrogen) atoms. The van der Waals surface area contributed by atoms with Crippen LogP contribution in [0.15, 0.2) is 36.4 Å². The van der Waals surface area contributed by atoms with E-state index in [2.05, 4.69) is 23.5 Å². The zero-order chi connectivity index (χ0) is 16.1. The second kappa shape index (κ2) is 6.98. The number of carbonyl (C=O) groups excluding carboxylic acids is 1. The van der Waals surface area contributed by atoms with Gasteiger partial charge in [0.2, 0.25) is 0 Å². The van der Waals surface area contributed by atoms with E-state index in [-0.39, 0.29) is 5.97 Å². The smallest absolute Gasteiger partial charge is 0.338 e. The number of rotatable bonds is 5. The lowest BCUT2D eigenvalue weighted by atomic mass is 10.1. The second-order valence-electron chi connectivity index (χ2n) is 5.44. The Morgan fingerprint density at radius 1 is 1.14 bits per heavy atom. The maximum absolute atomic E-state index is 11.8. The van der Waals surface area contributed by atoms with Crippen molar-refractivity contribution >= 4 is 23.0 Å². The molecule has 116 valence electrons. The molecule has 2 rings (SSSR count). The summed E-state index contributed by atoms with van der Waals surface area (Å²) in [6.07, 6.45) is 0.799. The van der Waals surface area contributed by atoms with Crippen LogP contribution in [-0.2, 0) is 4.74 Å². The van der Waals surface area contributed by atoms with Crippen molar-refractivity contribution in [1.82, 2.24) is 0 Å². The Labute approximate surface area is 131 Å². The summed E-state index contributed by atoms with van der Waals surface area (Å²) in [7, 11) is 0. The van der Waals surface area contributed by atoms with Crippen molar-refractivity contribution in [3.8, 4) is 0 Å². The van der Waals surface area contributed by atoms with Crippen molar-refractivity contribution in [1.29, 1.82) is 0 Å². The molecule has 0 saturated carbocycles. The molecule has 4 heteroatoms. The molecule has 0 spiro atoms. The summed E-state index contributed by atoms with van der Waals surface area (Å²) in [4.78, 5) is 11.8. The highest BCUT2D eigenvalue weighted by atomic mass is 16.5. The Bertz CT molecular complexity index is 661. The van der Waals surface area contributed by atoms with Crippen LogP contribution in [0.1, 0.15) is 34.8 Å². The number of hydrogen-bond acceptors (Lipinski definition) is 4. The van der Waals surface area contributed by atoms with Gasteiger partial charge in [0, 0.05) is 5.69 Å². The summed E-state index contributed by atoms with van der Waals surface area (Å²) in [6, 6.07) is 11.4. The number of nitrogens with one attached hydrogen (secondary N) is 1. The molecule has 0 aliphatic carbocycles. The van der Waals surface area contributed by atoms with Gasteiger partial charge in [-0.3, -0.25) is 0 Å². The fraction of sp³-hybridized carbons (Fsp3) is 0.278. The third kappa shape index (κ3) is 4.01. The van der Waals surface area contributed by atoms with Crippen LogP contribution in [0.3, 0.4) is 0 Å². The van der Waals surface area contributed by atoms with Gasteiger partial charge >= 0.3 is 5.97 Å². The first kappa shape index (κ1) is 15.9. The SMILES string of the molecule is CCCOC(=O)c1ccc(Nc2cc(C)cc(C)c2)c(N)c1. The Balaban J connectivity index is 2.17. The summed E-state index contributed by atoms with van der Waals surface area (Å²) in [5.74, 6) is -0.341. The highest BCUT2D eigenvalue weighted by Crippen LogP contribution is 2.25. The van der Waals surface area contributed by atoms with E-state index < -0.39 is 0 Å². The Kier molecular flexibility index (Phi) is 5.04. The van der Waals surface area contributed by atoms with Crippen molar-refractivity contribution < 1.29 is 9.53 Å². The van der Waals surface area contributed by atoms with Gasteiger partial charge in [-0.15, -0.1) is 0 Å². The predicted octanol–water partition coefficient (Wildman–Crippen LogP) is 4.20. The van der Waals surface area contributed by atoms with Crippen LogP contribution in [0.2, 0.25) is 0 Å². The number of aryl methyl sites for hydroxylation is 2. The predicted molar refractivity (Wildman–Crippen MR) is 90.6 cm³/mol. The fourth-order valence-corrected chi connectivity index (χ4v) is 2.28. The van der Waals surface area contributed by atoms with E-state index in [0.29, 0.717) is 17.9 Å². The van der Waals surface area contributed by atoms with Crippen molar-refractivity contribution in [3.05, 3.63) is 53.1 Å². The maximum Gasteiger partial charge on any atom is 0.338 e. The lowest BCUT2D eigenvalue weighted by molar-refractivity contribution is 0.0505. The minimum atomic E-state index is -0.341. The maximum atomic E-state index is 11.8. The number of benzene rings is 2. The normalized spacial score (nSPS) is 10.3. The molecule has 0 bridgehead atoms. The largest absolute Gasteiger partial charge is 0.462 e. The lowest BCUT2D eigenvalue weighted by Crippen LogP contribution is -2.07. The van der Waals surface area contributed by atoms with Crippen LogP contribution in [-0.4, -0.2) is 12.6 Å². The first-order valence-electron chi connectivity index (χ1n) is 7.41. The molecule has 4 nitrogen and oxygen atoms in total. The van der Waals surface area contributed by atoms with Crippen LogP contribution >= 0.6 is 0 Å². The monoisotopic (exact) mass is 298 g/mol. The molecule has 3 N–H and O–H groups in total. The minimum absolute atomic E-state index is 0.341. The lowest BCUT2D eigenvalue weighted by Gasteiger charge is -2.12. The number of ether oxygens (including phenoxy) is 1. The van der Waals surface area contributed by atoms with E-state index in [1.54, 1.807) is 18.2 Å². The molecule has 2 aromatic carbocycles. The summed E-state index contributed by atoms with van der Waals surface area (Å²) in [6.45, 7) is 6.47. The van der Waals surface area contributed by atoms with Gasteiger partial charge in [0.25, 0.3) is 0 Å². The van der Waals surface area contributed by atoms with Crippen LogP contribution in [0.25, 0.3) is 0 Å². The van der Waals surface area contributed by atoms with Crippen LogP contribution in [0, 0.1) is 13.8 Å². The summed E-state index contributed by atoms with van der Waals surface area (Å²) < 4.78 is 5.11. The fourth-order valence-electron chi connectivity index (χ4n) is 2.28. The Hall–Kier alpha value is -2.49. The van der Waals surface area contributed by atoms with Gasteiger partial charge in [0.05, 0.1) is 23.5 Å². The quantitative estimate of drug-likeness (QED) is 0.641. The number of anilines is 3. The van der Waals surface area contributed by atoms with Gasteiger partial charge in [-0.25, -0.2) is 4.79 Å². The molecule has 0 heterocycles. The highest BCUT2D eigenvalue weighted by Gasteiger charge is 2.09. The van der Waals surface area contributed by atoms with Crippen LogP contribution in [0.4, 0.5) is 17.1 Å². The minimum Gasteiger partial charge on any atom is -0.462 e. The van der Waals surface area contributed by atoms with Gasteiger partial charge < -0.3 is 15.8 Å².